The van der Waals surface area contributed by atoms with Crippen LogP contribution in [-0.4, -0.2) is 32.2 Å². The van der Waals surface area contributed by atoms with Crippen LogP contribution < -0.4 is 5.73 Å². The zero-order chi connectivity index (χ0) is 10.6. The van der Waals surface area contributed by atoms with Crippen LogP contribution in [0.3, 0.4) is 0 Å². The van der Waals surface area contributed by atoms with Crippen LogP contribution in [0.25, 0.3) is 0 Å². The van der Waals surface area contributed by atoms with E-state index in [1.807, 2.05) is 6.20 Å². The topological polar surface area (TPSA) is 77.0 Å². The Morgan fingerprint density at radius 3 is 2.86 bits per heavy atom. The van der Waals surface area contributed by atoms with E-state index in [4.69, 9.17) is 5.73 Å². The summed E-state index contributed by atoms with van der Waals surface area (Å²) in [5, 5.41) is 17.4. The van der Waals surface area contributed by atoms with Gasteiger partial charge in [-0.2, -0.15) is 0 Å². The van der Waals surface area contributed by atoms with E-state index < -0.39 is 5.60 Å². The molecule has 0 atom stereocenters. The Morgan fingerprint density at radius 2 is 2.29 bits per heavy atom. The SMILES string of the molecule is CC(C)(O)CCn1cc(CCN)nn1. The van der Waals surface area contributed by atoms with Crippen molar-refractivity contribution in [2.75, 3.05) is 6.54 Å². The van der Waals surface area contributed by atoms with Crippen LogP contribution in [0.5, 0.6) is 0 Å². The molecule has 0 spiro atoms. The molecule has 0 unspecified atom stereocenters. The average molecular weight is 198 g/mol. The maximum absolute atomic E-state index is 9.51. The minimum absolute atomic E-state index is 0.587. The van der Waals surface area contributed by atoms with Gasteiger partial charge in [0, 0.05) is 19.2 Å². The Kier molecular flexibility index (Phi) is 3.60. The van der Waals surface area contributed by atoms with E-state index in [-0.39, 0.29) is 0 Å². The van der Waals surface area contributed by atoms with E-state index in [1.165, 1.54) is 0 Å². The largest absolute Gasteiger partial charge is 0.390 e. The second-order valence-electron chi connectivity index (χ2n) is 4.07. The van der Waals surface area contributed by atoms with Crippen LogP contribution in [-0.2, 0) is 13.0 Å². The van der Waals surface area contributed by atoms with Crippen molar-refractivity contribution in [3.05, 3.63) is 11.9 Å². The van der Waals surface area contributed by atoms with Gasteiger partial charge in [0.25, 0.3) is 0 Å². The number of nitrogens with two attached hydrogens (primary N) is 1. The molecule has 0 bridgehead atoms. The molecule has 0 aliphatic heterocycles. The minimum atomic E-state index is -0.653. The summed E-state index contributed by atoms with van der Waals surface area (Å²) < 4.78 is 1.74. The van der Waals surface area contributed by atoms with Crippen molar-refractivity contribution >= 4 is 0 Å². The monoisotopic (exact) mass is 198 g/mol. The number of hydrogen-bond acceptors (Lipinski definition) is 4. The van der Waals surface area contributed by atoms with E-state index in [0.29, 0.717) is 19.5 Å². The van der Waals surface area contributed by atoms with Crippen molar-refractivity contribution < 1.29 is 5.11 Å². The van der Waals surface area contributed by atoms with Crippen molar-refractivity contribution in [3.8, 4) is 0 Å². The zero-order valence-electron chi connectivity index (χ0n) is 8.77. The molecule has 1 aromatic rings. The molecule has 14 heavy (non-hydrogen) atoms. The fraction of sp³-hybridized carbons (Fsp3) is 0.778. The van der Waals surface area contributed by atoms with E-state index in [0.717, 1.165) is 12.1 Å². The highest BCUT2D eigenvalue weighted by Gasteiger charge is 2.12. The van der Waals surface area contributed by atoms with Gasteiger partial charge in [-0.05, 0) is 26.8 Å². The summed E-state index contributed by atoms with van der Waals surface area (Å²) in [5.74, 6) is 0. The number of hydrogen-bond donors (Lipinski definition) is 2. The third-order valence-electron chi connectivity index (χ3n) is 1.94. The van der Waals surface area contributed by atoms with Crippen LogP contribution in [0.15, 0.2) is 6.20 Å². The maximum Gasteiger partial charge on any atom is 0.0839 e. The molecular formula is C9H18N4O. The lowest BCUT2D eigenvalue weighted by Gasteiger charge is -2.15. The number of aryl methyl sites for hydroxylation is 1. The molecule has 0 aliphatic rings. The van der Waals surface area contributed by atoms with Crippen LogP contribution in [0.4, 0.5) is 0 Å². The van der Waals surface area contributed by atoms with Gasteiger partial charge in [0.05, 0.1) is 11.3 Å². The molecule has 0 saturated heterocycles. The second-order valence-corrected chi connectivity index (χ2v) is 4.07. The first-order valence-corrected chi connectivity index (χ1v) is 4.83. The molecule has 80 valence electrons. The van der Waals surface area contributed by atoms with Gasteiger partial charge in [0.15, 0.2) is 0 Å². The summed E-state index contributed by atoms with van der Waals surface area (Å²) in [7, 11) is 0. The molecule has 0 amide bonds. The second kappa shape index (κ2) is 4.52. The molecule has 0 radical (unpaired) electrons. The lowest BCUT2D eigenvalue weighted by Crippen LogP contribution is -2.21. The summed E-state index contributed by atoms with van der Waals surface area (Å²) in [5.41, 5.74) is 5.65. The Bertz CT molecular complexity index is 277. The molecule has 5 heteroatoms. The molecule has 1 aromatic heterocycles. The van der Waals surface area contributed by atoms with Crippen molar-refractivity contribution in [1.82, 2.24) is 15.0 Å². The third-order valence-corrected chi connectivity index (χ3v) is 1.94. The predicted molar refractivity (Wildman–Crippen MR) is 53.7 cm³/mol. The molecule has 1 heterocycles. The fourth-order valence-electron chi connectivity index (χ4n) is 1.10. The van der Waals surface area contributed by atoms with Crippen LogP contribution >= 0.6 is 0 Å². The predicted octanol–water partition coefficient (Wildman–Crippen LogP) is -0.0597. The normalized spacial score (nSPS) is 12.0. The quantitative estimate of drug-likeness (QED) is 0.695. The Hall–Kier alpha value is -0.940. The Labute approximate surface area is 83.9 Å². The molecule has 0 saturated carbocycles. The molecular weight excluding hydrogens is 180 g/mol. The standard InChI is InChI=1S/C9H18N4O/c1-9(2,14)4-6-13-7-8(3-5-10)11-12-13/h7,14H,3-6,10H2,1-2H3. The lowest BCUT2D eigenvalue weighted by atomic mass is 10.1. The van der Waals surface area contributed by atoms with E-state index in [1.54, 1.807) is 18.5 Å². The van der Waals surface area contributed by atoms with Crippen LogP contribution in [0.1, 0.15) is 26.0 Å². The first-order chi connectivity index (χ1) is 6.51. The Balaban J connectivity index is 2.44. The summed E-state index contributed by atoms with van der Waals surface area (Å²) in [6.45, 7) is 4.83. The van der Waals surface area contributed by atoms with Gasteiger partial charge in [-0.25, -0.2) is 0 Å². The molecule has 0 aromatic carbocycles. The zero-order valence-corrected chi connectivity index (χ0v) is 8.77. The smallest absolute Gasteiger partial charge is 0.0839 e. The minimum Gasteiger partial charge on any atom is -0.390 e. The third kappa shape index (κ3) is 3.85. The summed E-state index contributed by atoms with van der Waals surface area (Å²) >= 11 is 0. The van der Waals surface area contributed by atoms with Gasteiger partial charge >= 0.3 is 0 Å². The van der Waals surface area contributed by atoms with Gasteiger partial charge in [0.2, 0.25) is 0 Å². The molecule has 1 rings (SSSR count). The first kappa shape index (κ1) is 11.1. The highest BCUT2D eigenvalue weighted by atomic mass is 16.3. The summed E-state index contributed by atoms with van der Waals surface area (Å²) in [6, 6.07) is 0. The van der Waals surface area contributed by atoms with E-state index in [2.05, 4.69) is 10.3 Å². The van der Waals surface area contributed by atoms with Crippen molar-refractivity contribution in [3.63, 3.8) is 0 Å². The van der Waals surface area contributed by atoms with E-state index >= 15 is 0 Å². The van der Waals surface area contributed by atoms with Gasteiger partial charge < -0.3 is 10.8 Å². The Morgan fingerprint density at radius 1 is 1.57 bits per heavy atom. The number of nitrogens with zero attached hydrogens (tertiary/aromatic N) is 3. The van der Waals surface area contributed by atoms with Gasteiger partial charge in [0.1, 0.15) is 0 Å². The highest BCUT2D eigenvalue weighted by Crippen LogP contribution is 2.08. The number of rotatable bonds is 5. The number of aliphatic hydroxyl groups is 1. The molecule has 3 N–H and O–H groups in total. The van der Waals surface area contributed by atoms with Crippen molar-refractivity contribution in [1.29, 1.82) is 0 Å². The molecule has 0 fully saturated rings. The molecule has 5 nitrogen and oxygen atoms in total. The van der Waals surface area contributed by atoms with Gasteiger partial charge in [-0.1, -0.05) is 5.21 Å². The van der Waals surface area contributed by atoms with Gasteiger partial charge in [-0.15, -0.1) is 5.10 Å². The van der Waals surface area contributed by atoms with Crippen LogP contribution in [0.2, 0.25) is 0 Å². The first-order valence-electron chi connectivity index (χ1n) is 4.83. The maximum atomic E-state index is 9.51. The average Bonchev–Trinajstić information content (AvgIpc) is 2.49. The van der Waals surface area contributed by atoms with Crippen molar-refractivity contribution in [2.45, 2.75) is 38.8 Å². The van der Waals surface area contributed by atoms with E-state index in [9.17, 15) is 5.11 Å². The fourth-order valence-corrected chi connectivity index (χ4v) is 1.10. The van der Waals surface area contributed by atoms with Crippen LogP contribution in [0, 0.1) is 0 Å². The lowest BCUT2D eigenvalue weighted by molar-refractivity contribution is 0.0649. The summed E-state index contributed by atoms with van der Waals surface area (Å²) in [6.07, 6.45) is 3.29. The van der Waals surface area contributed by atoms with Gasteiger partial charge in [-0.3, -0.25) is 4.68 Å². The highest BCUT2D eigenvalue weighted by molar-refractivity contribution is 4.92. The number of aromatic nitrogens is 3. The van der Waals surface area contributed by atoms with Crippen molar-refractivity contribution in [2.24, 2.45) is 5.73 Å². The summed E-state index contributed by atoms with van der Waals surface area (Å²) in [4.78, 5) is 0. The molecule has 0 aliphatic carbocycles.